The minimum atomic E-state index is -1.65. The predicted octanol–water partition coefficient (Wildman–Crippen LogP) is 3.27. The van der Waals surface area contributed by atoms with Crippen LogP contribution in [-0.2, 0) is 0 Å². The van der Waals surface area contributed by atoms with Gasteiger partial charge in [0.05, 0.1) is 40.8 Å². The number of pyridine rings is 2. The first-order valence-corrected chi connectivity index (χ1v) is 12.7. The number of carbonyl (C=O) groups is 1. The molecule has 1 aliphatic carbocycles. The molecule has 202 valence electrons. The highest BCUT2D eigenvalue weighted by Gasteiger charge is 2.33. The van der Waals surface area contributed by atoms with Gasteiger partial charge in [0.1, 0.15) is 12.2 Å². The number of carbonyl (C=O) groups excluding carboxylic acids is 1. The molecule has 0 aromatic carbocycles. The van der Waals surface area contributed by atoms with Gasteiger partial charge in [0.25, 0.3) is 5.91 Å². The lowest BCUT2D eigenvalue weighted by Crippen LogP contribution is -2.42. The zero-order chi connectivity index (χ0) is 27.7. The van der Waals surface area contributed by atoms with Crippen LogP contribution in [0.5, 0.6) is 0 Å². The van der Waals surface area contributed by atoms with Gasteiger partial charge >= 0.3 is 0 Å². The second kappa shape index (κ2) is 10.6. The molecular formula is C27H34FN7O3. The van der Waals surface area contributed by atoms with Crippen molar-refractivity contribution in [1.29, 1.82) is 5.26 Å². The van der Waals surface area contributed by atoms with Crippen molar-refractivity contribution in [2.75, 3.05) is 11.9 Å². The number of alkyl halides is 1. The maximum Gasteiger partial charge on any atom is 0.255 e. The van der Waals surface area contributed by atoms with Crippen LogP contribution in [0.4, 0.5) is 10.1 Å². The van der Waals surface area contributed by atoms with E-state index in [4.69, 9.17) is 5.26 Å². The lowest BCUT2D eigenvalue weighted by Gasteiger charge is -2.37. The van der Waals surface area contributed by atoms with Crippen molar-refractivity contribution in [2.24, 2.45) is 5.92 Å². The Balaban J connectivity index is 1.67. The van der Waals surface area contributed by atoms with Gasteiger partial charge < -0.3 is 20.8 Å². The van der Waals surface area contributed by atoms with Crippen LogP contribution >= 0.6 is 0 Å². The van der Waals surface area contributed by atoms with Crippen molar-refractivity contribution in [2.45, 2.75) is 76.8 Å². The van der Waals surface area contributed by atoms with E-state index in [0.717, 1.165) is 25.7 Å². The van der Waals surface area contributed by atoms with Gasteiger partial charge in [-0.3, -0.25) is 4.79 Å². The van der Waals surface area contributed by atoms with E-state index in [1.807, 2.05) is 13.8 Å². The molecule has 0 bridgehead atoms. The molecule has 3 aromatic rings. The normalized spacial score (nSPS) is 19.1. The molecule has 1 amide bonds. The quantitative estimate of drug-likeness (QED) is 0.352. The van der Waals surface area contributed by atoms with Crippen molar-refractivity contribution in [3.63, 3.8) is 0 Å². The SMILES string of the molecule is CC(C)(O)C(F)CNC(=O)c1cnc(-n2ncc3cc(C#N)cnc32)cc1N[C@@H]1CCC[C@H](C(C)(C)O)C1. The van der Waals surface area contributed by atoms with Gasteiger partial charge in [-0.05, 0) is 58.9 Å². The molecule has 11 heteroatoms. The highest BCUT2D eigenvalue weighted by molar-refractivity contribution is 5.99. The summed E-state index contributed by atoms with van der Waals surface area (Å²) in [5.41, 5.74) is -0.785. The maximum absolute atomic E-state index is 14.3. The van der Waals surface area contributed by atoms with Gasteiger partial charge in [-0.25, -0.2) is 14.4 Å². The smallest absolute Gasteiger partial charge is 0.255 e. The molecule has 38 heavy (non-hydrogen) atoms. The Kier molecular flexibility index (Phi) is 7.67. The molecule has 0 saturated heterocycles. The van der Waals surface area contributed by atoms with Crippen molar-refractivity contribution >= 4 is 22.6 Å². The van der Waals surface area contributed by atoms with Crippen LogP contribution in [0.15, 0.2) is 30.7 Å². The van der Waals surface area contributed by atoms with Crippen molar-refractivity contribution in [1.82, 2.24) is 25.1 Å². The summed E-state index contributed by atoms with van der Waals surface area (Å²) in [5, 5.41) is 40.7. The number of nitriles is 1. The predicted molar refractivity (Wildman–Crippen MR) is 141 cm³/mol. The minimum absolute atomic E-state index is 0.00190. The summed E-state index contributed by atoms with van der Waals surface area (Å²) in [5.74, 6) is -0.0265. The molecule has 1 unspecified atom stereocenters. The van der Waals surface area contributed by atoms with Gasteiger partial charge in [0.15, 0.2) is 11.5 Å². The third-order valence-electron chi connectivity index (χ3n) is 7.13. The lowest BCUT2D eigenvalue weighted by molar-refractivity contribution is -0.00202. The average molecular weight is 524 g/mol. The largest absolute Gasteiger partial charge is 0.390 e. The Morgan fingerprint density at radius 1 is 1.21 bits per heavy atom. The molecular weight excluding hydrogens is 489 g/mol. The zero-order valence-electron chi connectivity index (χ0n) is 22.1. The second-order valence-electron chi connectivity index (χ2n) is 11.1. The number of hydrogen-bond donors (Lipinski definition) is 4. The van der Waals surface area contributed by atoms with Crippen LogP contribution in [0.25, 0.3) is 16.9 Å². The topological polar surface area (TPSA) is 149 Å². The number of rotatable bonds is 8. The molecule has 4 N–H and O–H groups in total. The molecule has 3 aromatic heterocycles. The molecule has 1 saturated carbocycles. The molecule has 1 fully saturated rings. The fraction of sp³-hybridized carbons (Fsp3) is 0.519. The molecule has 1 aliphatic rings. The third-order valence-corrected chi connectivity index (χ3v) is 7.13. The first kappa shape index (κ1) is 27.4. The number of hydrogen-bond acceptors (Lipinski definition) is 8. The summed E-state index contributed by atoms with van der Waals surface area (Å²) in [6.45, 7) is 5.96. The lowest BCUT2D eigenvalue weighted by atomic mass is 9.76. The standard InChI is InChI=1S/C27H34FN7O3/c1-26(2,37)18-6-5-7-19(9-18)34-21-10-23(35-24-17(13-33-35)8-16(11-29)12-31-24)30-14-20(21)25(36)32-15-22(28)27(3,4)38/h8,10,12-14,18-19,22,37-38H,5-7,9,15H2,1-4H3,(H,30,34)(H,32,36)/t18-,19+,22?/m0/s1. The Hall–Kier alpha value is -3.62. The van der Waals surface area contributed by atoms with Crippen LogP contribution in [0.3, 0.4) is 0 Å². The van der Waals surface area contributed by atoms with E-state index in [-0.39, 0.29) is 24.1 Å². The molecule has 3 atom stereocenters. The molecule has 3 heterocycles. The fourth-order valence-electron chi connectivity index (χ4n) is 4.72. The molecule has 0 radical (unpaired) electrons. The number of aromatic nitrogens is 4. The maximum atomic E-state index is 14.3. The van der Waals surface area contributed by atoms with Crippen LogP contribution in [0, 0.1) is 17.2 Å². The number of halogens is 1. The number of aliphatic hydroxyl groups is 2. The first-order chi connectivity index (χ1) is 17.9. The third kappa shape index (κ3) is 6.09. The van der Waals surface area contributed by atoms with Crippen LogP contribution in [0.1, 0.15) is 69.3 Å². The van der Waals surface area contributed by atoms with Crippen molar-refractivity contribution in [3.05, 3.63) is 41.9 Å². The number of amides is 1. The summed E-state index contributed by atoms with van der Waals surface area (Å²) in [6.07, 6.45) is 6.22. The highest BCUT2D eigenvalue weighted by atomic mass is 19.1. The van der Waals surface area contributed by atoms with E-state index in [9.17, 15) is 19.4 Å². The Labute approximate surface area is 220 Å². The van der Waals surface area contributed by atoms with Crippen molar-refractivity contribution in [3.8, 4) is 11.9 Å². The van der Waals surface area contributed by atoms with E-state index >= 15 is 0 Å². The van der Waals surface area contributed by atoms with E-state index in [1.54, 1.807) is 18.3 Å². The van der Waals surface area contributed by atoms with Gasteiger partial charge in [0, 0.05) is 29.9 Å². The molecule has 0 aliphatic heterocycles. The monoisotopic (exact) mass is 523 g/mol. The van der Waals surface area contributed by atoms with E-state index in [1.165, 1.54) is 30.9 Å². The molecule has 10 nitrogen and oxygen atoms in total. The molecule has 4 rings (SSSR count). The summed E-state index contributed by atoms with van der Waals surface area (Å²) in [7, 11) is 0. The summed E-state index contributed by atoms with van der Waals surface area (Å²) < 4.78 is 15.8. The first-order valence-electron chi connectivity index (χ1n) is 12.7. The molecule has 0 spiro atoms. The number of nitrogens with zero attached hydrogens (tertiary/aromatic N) is 5. The summed E-state index contributed by atoms with van der Waals surface area (Å²) >= 11 is 0. The summed E-state index contributed by atoms with van der Waals surface area (Å²) in [4.78, 5) is 21.9. The Bertz CT molecular complexity index is 1350. The Morgan fingerprint density at radius 3 is 2.66 bits per heavy atom. The van der Waals surface area contributed by atoms with Gasteiger partial charge in [-0.2, -0.15) is 15.0 Å². The van der Waals surface area contributed by atoms with Crippen LogP contribution in [0.2, 0.25) is 0 Å². The fourth-order valence-corrected chi connectivity index (χ4v) is 4.72. The van der Waals surface area contributed by atoms with E-state index in [2.05, 4.69) is 31.8 Å². The number of anilines is 1. The zero-order valence-corrected chi connectivity index (χ0v) is 22.1. The minimum Gasteiger partial charge on any atom is -0.390 e. The number of fused-ring (bicyclic) bond motifs is 1. The second-order valence-corrected chi connectivity index (χ2v) is 11.1. The van der Waals surface area contributed by atoms with Gasteiger partial charge in [-0.1, -0.05) is 6.42 Å². The highest BCUT2D eigenvalue weighted by Crippen LogP contribution is 2.34. The summed E-state index contributed by atoms with van der Waals surface area (Å²) in [6, 6.07) is 5.43. The van der Waals surface area contributed by atoms with Crippen LogP contribution < -0.4 is 10.6 Å². The van der Waals surface area contributed by atoms with Gasteiger partial charge in [0.2, 0.25) is 0 Å². The van der Waals surface area contributed by atoms with E-state index < -0.39 is 23.3 Å². The van der Waals surface area contributed by atoms with E-state index in [0.29, 0.717) is 28.1 Å². The van der Waals surface area contributed by atoms with Crippen molar-refractivity contribution < 1.29 is 19.4 Å². The number of nitrogens with one attached hydrogen (secondary N) is 2. The Morgan fingerprint density at radius 2 is 1.97 bits per heavy atom. The van der Waals surface area contributed by atoms with Crippen LogP contribution in [-0.4, -0.2) is 65.8 Å². The van der Waals surface area contributed by atoms with Gasteiger partial charge in [-0.15, -0.1) is 0 Å². The average Bonchev–Trinajstić information content (AvgIpc) is 3.29.